The maximum Gasteiger partial charge on any atom is 0.141 e. The molecule has 0 saturated carbocycles. The van der Waals surface area contributed by atoms with Crippen molar-refractivity contribution in [1.29, 1.82) is 0 Å². The molecule has 0 radical (unpaired) electrons. The standard InChI is InChI=1S/C11H10ClFN2O/c12-10-3-8(1-2-11(10)13)5-15-6-9(7-16)4-14-15/h1-4,6,16H,5,7H2. The summed E-state index contributed by atoms with van der Waals surface area (Å²) in [7, 11) is 0. The smallest absolute Gasteiger partial charge is 0.141 e. The first-order chi connectivity index (χ1) is 7.69. The molecule has 0 unspecified atom stereocenters. The van der Waals surface area contributed by atoms with Gasteiger partial charge in [0.2, 0.25) is 0 Å². The van der Waals surface area contributed by atoms with Crippen molar-refractivity contribution >= 4 is 11.6 Å². The van der Waals surface area contributed by atoms with Crippen molar-refractivity contribution in [2.24, 2.45) is 0 Å². The Bertz CT molecular complexity index is 498. The Kier molecular flexibility index (Phi) is 3.22. The third-order valence-corrected chi connectivity index (χ3v) is 2.49. The highest BCUT2D eigenvalue weighted by Gasteiger charge is 2.02. The number of aliphatic hydroxyl groups excluding tert-OH is 1. The van der Waals surface area contributed by atoms with Gasteiger partial charge in [-0.3, -0.25) is 4.68 Å². The summed E-state index contributed by atoms with van der Waals surface area (Å²) in [5.41, 5.74) is 1.60. The summed E-state index contributed by atoms with van der Waals surface area (Å²) in [4.78, 5) is 0. The molecule has 5 heteroatoms. The van der Waals surface area contributed by atoms with E-state index in [-0.39, 0.29) is 11.6 Å². The quantitative estimate of drug-likeness (QED) is 0.893. The second-order valence-electron chi connectivity index (χ2n) is 3.45. The van der Waals surface area contributed by atoms with E-state index < -0.39 is 5.82 Å². The molecular formula is C11H10ClFN2O. The van der Waals surface area contributed by atoms with E-state index in [1.807, 2.05) is 0 Å². The number of aromatic nitrogens is 2. The zero-order chi connectivity index (χ0) is 11.5. The van der Waals surface area contributed by atoms with Crippen LogP contribution >= 0.6 is 11.6 Å². The van der Waals surface area contributed by atoms with Crippen molar-refractivity contribution in [2.45, 2.75) is 13.2 Å². The second-order valence-corrected chi connectivity index (χ2v) is 3.86. The maximum atomic E-state index is 12.9. The minimum absolute atomic E-state index is 0.0375. The van der Waals surface area contributed by atoms with E-state index in [0.717, 1.165) is 11.1 Å². The first-order valence-electron chi connectivity index (χ1n) is 4.75. The van der Waals surface area contributed by atoms with Gasteiger partial charge in [0.15, 0.2) is 0 Å². The molecule has 1 aromatic carbocycles. The Morgan fingerprint density at radius 3 is 2.81 bits per heavy atom. The van der Waals surface area contributed by atoms with Gasteiger partial charge in [-0.05, 0) is 17.7 Å². The van der Waals surface area contributed by atoms with Crippen LogP contribution in [0.2, 0.25) is 5.02 Å². The van der Waals surface area contributed by atoms with Crippen LogP contribution in [0.15, 0.2) is 30.6 Å². The minimum atomic E-state index is -0.429. The average Bonchev–Trinajstić information content (AvgIpc) is 2.71. The lowest BCUT2D eigenvalue weighted by Crippen LogP contribution is -2.00. The Hall–Kier alpha value is -1.39. The van der Waals surface area contributed by atoms with Crippen LogP contribution < -0.4 is 0 Å². The molecule has 0 saturated heterocycles. The molecule has 0 amide bonds. The lowest BCUT2D eigenvalue weighted by atomic mass is 10.2. The zero-order valence-corrected chi connectivity index (χ0v) is 9.15. The molecule has 16 heavy (non-hydrogen) atoms. The van der Waals surface area contributed by atoms with Crippen LogP contribution in [-0.2, 0) is 13.2 Å². The van der Waals surface area contributed by atoms with E-state index in [0.29, 0.717) is 6.54 Å². The van der Waals surface area contributed by atoms with Gasteiger partial charge in [0, 0.05) is 11.8 Å². The number of hydrogen-bond donors (Lipinski definition) is 1. The number of rotatable bonds is 3. The predicted molar refractivity (Wildman–Crippen MR) is 58.7 cm³/mol. The highest BCUT2D eigenvalue weighted by molar-refractivity contribution is 6.30. The lowest BCUT2D eigenvalue weighted by molar-refractivity contribution is 0.281. The van der Waals surface area contributed by atoms with E-state index in [1.165, 1.54) is 6.07 Å². The molecule has 1 N–H and O–H groups in total. The molecule has 0 bridgehead atoms. The number of halogens is 2. The van der Waals surface area contributed by atoms with Gasteiger partial charge in [-0.25, -0.2) is 4.39 Å². The fourth-order valence-electron chi connectivity index (χ4n) is 1.40. The molecule has 1 heterocycles. The first-order valence-corrected chi connectivity index (χ1v) is 5.13. The third-order valence-electron chi connectivity index (χ3n) is 2.20. The van der Waals surface area contributed by atoms with Crippen LogP contribution in [0.25, 0.3) is 0 Å². The minimum Gasteiger partial charge on any atom is -0.392 e. The fourth-order valence-corrected chi connectivity index (χ4v) is 1.60. The molecule has 0 aliphatic heterocycles. The van der Waals surface area contributed by atoms with Crippen molar-refractivity contribution in [3.8, 4) is 0 Å². The van der Waals surface area contributed by atoms with Crippen molar-refractivity contribution in [3.05, 3.63) is 52.6 Å². The third kappa shape index (κ3) is 2.40. The van der Waals surface area contributed by atoms with Crippen molar-refractivity contribution < 1.29 is 9.50 Å². The molecule has 2 aromatic rings. The molecule has 1 aromatic heterocycles. The Morgan fingerprint density at radius 1 is 1.38 bits per heavy atom. The van der Waals surface area contributed by atoms with Gasteiger partial charge >= 0.3 is 0 Å². The molecule has 0 aliphatic carbocycles. The highest BCUT2D eigenvalue weighted by Crippen LogP contribution is 2.16. The van der Waals surface area contributed by atoms with Gasteiger partial charge in [0.05, 0.1) is 24.4 Å². The van der Waals surface area contributed by atoms with Gasteiger partial charge in [-0.1, -0.05) is 17.7 Å². The van der Waals surface area contributed by atoms with Crippen LogP contribution in [0.4, 0.5) is 4.39 Å². The molecule has 0 aliphatic rings. The lowest BCUT2D eigenvalue weighted by Gasteiger charge is -2.02. The first kappa shape index (κ1) is 11.1. The van der Waals surface area contributed by atoms with Gasteiger partial charge in [0.25, 0.3) is 0 Å². The Labute approximate surface area is 97.1 Å². The van der Waals surface area contributed by atoms with E-state index in [9.17, 15) is 4.39 Å². The SMILES string of the molecule is OCc1cnn(Cc2ccc(F)c(Cl)c2)c1. The normalized spacial score (nSPS) is 10.7. The zero-order valence-electron chi connectivity index (χ0n) is 8.40. The summed E-state index contributed by atoms with van der Waals surface area (Å²) in [5, 5.41) is 13.0. The summed E-state index contributed by atoms with van der Waals surface area (Å²) in [6.45, 7) is 0.462. The van der Waals surface area contributed by atoms with Crippen LogP contribution in [0.5, 0.6) is 0 Å². The Balaban J connectivity index is 2.17. The average molecular weight is 241 g/mol. The molecule has 2 rings (SSSR count). The number of hydrogen-bond acceptors (Lipinski definition) is 2. The van der Waals surface area contributed by atoms with Gasteiger partial charge < -0.3 is 5.11 Å². The topological polar surface area (TPSA) is 38.1 Å². The largest absolute Gasteiger partial charge is 0.392 e. The van der Waals surface area contributed by atoms with Gasteiger partial charge in [0.1, 0.15) is 5.82 Å². The molecule has 0 fully saturated rings. The van der Waals surface area contributed by atoms with Crippen LogP contribution in [0.1, 0.15) is 11.1 Å². The highest BCUT2D eigenvalue weighted by atomic mass is 35.5. The van der Waals surface area contributed by atoms with Crippen molar-refractivity contribution in [3.63, 3.8) is 0 Å². The van der Waals surface area contributed by atoms with E-state index in [4.69, 9.17) is 16.7 Å². The second kappa shape index (κ2) is 4.63. The maximum absolute atomic E-state index is 12.9. The Morgan fingerprint density at radius 2 is 2.19 bits per heavy atom. The van der Waals surface area contributed by atoms with E-state index in [1.54, 1.807) is 29.2 Å². The van der Waals surface area contributed by atoms with Gasteiger partial charge in [-0.15, -0.1) is 0 Å². The van der Waals surface area contributed by atoms with Crippen molar-refractivity contribution in [1.82, 2.24) is 9.78 Å². The summed E-state index contributed by atoms with van der Waals surface area (Å²) < 4.78 is 14.6. The van der Waals surface area contributed by atoms with Crippen LogP contribution in [0, 0.1) is 5.82 Å². The van der Waals surface area contributed by atoms with Crippen LogP contribution in [0.3, 0.4) is 0 Å². The van der Waals surface area contributed by atoms with E-state index >= 15 is 0 Å². The van der Waals surface area contributed by atoms with Crippen molar-refractivity contribution in [2.75, 3.05) is 0 Å². The van der Waals surface area contributed by atoms with Gasteiger partial charge in [-0.2, -0.15) is 5.10 Å². The predicted octanol–water partition coefficient (Wildman–Crippen LogP) is 2.22. The monoisotopic (exact) mass is 240 g/mol. The van der Waals surface area contributed by atoms with E-state index in [2.05, 4.69) is 5.10 Å². The molecule has 84 valence electrons. The summed E-state index contributed by atoms with van der Waals surface area (Å²) in [5.74, 6) is -0.429. The molecular weight excluding hydrogens is 231 g/mol. The number of nitrogens with zero attached hydrogens (tertiary/aromatic N) is 2. The molecule has 0 spiro atoms. The van der Waals surface area contributed by atoms with Crippen LogP contribution in [-0.4, -0.2) is 14.9 Å². The summed E-state index contributed by atoms with van der Waals surface area (Å²) in [6.07, 6.45) is 3.32. The number of benzene rings is 1. The summed E-state index contributed by atoms with van der Waals surface area (Å²) in [6, 6.07) is 4.55. The number of aliphatic hydroxyl groups is 1. The molecule has 0 atom stereocenters. The molecule has 3 nitrogen and oxygen atoms in total. The fraction of sp³-hybridized carbons (Fsp3) is 0.182. The summed E-state index contributed by atoms with van der Waals surface area (Å²) >= 11 is 5.67.